The number of hydrogen-bond acceptors (Lipinski definition) is 2. The van der Waals surface area contributed by atoms with E-state index >= 15 is 0 Å². The van der Waals surface area contributed by atoms with Gasteiger partial charge < -0.3 is 4.74 Å². The molecule has 20 heavy (non-hydrogen) atoms. The third-order valence-corrected chi connectivity index (χ3v) is 4.55. The van der Waals surface area contributed by atoms with Crippen molar-refractivity contribution in [3.8, 4) is 5.75 Å². The first-order valence-electron chi connectivity index (χ1n) is 7.66. The smallest absolute Gasteiger partial charge is 0.123 e. The molecular weight excluding hydrogens is 314 g/mol. The summed E-state index contributed by atoms with van der Waals surface area (Å²) in [5.74, 6) is 1.70. The molecular formula is C17H26BrNO. The van der Waals surface area contributed by atoms with E-state index in [0.717, 1.165) is 22.8 Å². The lowest BCUT2D eigenvalue weighted by molar-refractivity contribution is 0.167. The van der Waals surface area contributed by atoms with E-state index in [4.69, 9.17) is 4.74 Å². The molecule has 0 saturated heterocycles. The quantitative estimate of drug-likeness (QED) is 0.733. The number of ether oxygens (including phenoxy) is 1. The molecule has 0 unspecified atom stereocenters. The van der Waals surface area contributed by atoms with Gasteiger partial charge in [-0.3, -0.25) is 4.90 Å². The highest BCUT2D eigenvalue weighted by atomic mass is 79.9. The number of halogens is 1. The SMILES string of the molecule is COc1ccc(Br)cc1CN(CC(C)C)C1CCCC1. The van der Waals surface area contributed by atoms with E-state index in [1.807, 2.05) is 6.07 Å². The Bertz CT molecular complexity index is 427. The van der Waals surface area contributed by atoms with Gasteiger partial charge in [-0.15, -0.1) is 0 Å². The maximum atomic E-state index is 5.52. The topological polar surface area (TPSA) is 12.5 Å². The Morgan fingerprint density at radius 3 is 2.60 bits per heavy atom. The zero-order chi connectivity index (χ0) is 14.5. The standard InChI is InChI=1S/C17H26BrNO/c1-13(2)11-19(16-6-4-5-7-16)12-14-10-15(18)8-9-17(14)20-3/h8-10,13,16H,4-7,11-12H2,1-3H3. The Labute approximate surface area is 131 Å². The molecule has 1 fully saturated rings. The Morgan fingerprint density at radius 2 is 2.00 bits per heavy atom. The van der Waals surface area contributed by atoms with E-state index in [1.54, 1.807) is 7.11 Å². The van der Waals surface area contributed by atoms with Crippen molar-refractivity contribution in [3.05, 3.63) is 28.2 Å². The molecule has 1 saturated carbocycles. The monoisotopic (exact) mass is 339 g/mol. The van der Waals surface area contributed by atoms with Gasteiger partial charge in [0.2, 0.25) is 0 Å². The van der Waals surface area contributed by atoms with Crippen molar-refractivity contribution in [3.63, 3.8) is 0 Å². The van der Waals surface area contributed by atoms with Crippen LogP contribution in [0, 0.1) is 5.92 Å². The number of hydrogen-bond donors (Lipinski definition) is 0. The van der Waals surface area contributed by atoms with Gasteiger partial charge in [0.25, 0.3) is 0 Å². The minimum Gasteiger partial charge on any atom is -0.496 e. The molecule has 0 aromatic heterocycles. The van der Waals surface area contributed by atoms with E-state index in [2.05, 4.69) is 46.8 Å². The molecule has 2 nitrogen and oxygen atoms in total. The maximum absolute atomic E-state index is 5.52. The predicted octanol–water partition coefficient (Wildman–Crippen LogP) is 4.86. The second kappa shape index (κ2) is 7.46. The van der Waals surface area contributed by atoms with Crippen LogP contribution in [0.4, 0.5) is 0 Å². The Balaban J connectivity index is 2.15. The second-order valence-electron chi connectivity index (χ2n) is 6.22. The summed E-state index contributed by atoms with van der Waals surface area (Å²) in [6, 6.07) is 7.05. The van der Waals surface area contributed by atoms with Crippen molar-refractivity contribution in [2.45, 2.75) is 52.1 Å². The molecule has 3 heteroatoms. The van der Waals surface area contributed by atoms with Crippen LogP contribution in [-0.4, -0.2) is 24.6 Å². The molecule has 0 aliphatic heterocycles. The van der Waals surface area contributed by atoms with Crippen LogP contribution in [0.1, 0.15) is 45.1 Å². The van der Waals surface area contributed by atoms with Crippen LogP contribution < -0.4 is 4.74 Å². The lowest BCUT2D eigenvalue weighted by atomic mass is 10.1. The lowest BCUT2D eigenvalue weighted by Gasteiger charge is -2.31. The van der Waals surface area contributed by atoms with Crippen molar-refractivity contribution >= 4 is 15.9 Å². The van der Waals surface area contributed by atoms with Crippen LogP contribution in [0.15, 0.2) is 22.7 Å². The number of methoxy groups -OCH3 is 1. The molecule has 1 aromatic carbocycles. The van der Waals surface area contributed by atoms with Gasteiger partial charge in [-0.25, -0.2) is 0 Å². The molecule has 0 atom stereocenters. The van der Waals surface area contributed by atoms with Gasteiger partial charge in [-0.2, -0.15) is 0 Å². The largest absolute Gasteiger partial charge is 0.496 e. The summed E-state index contributed by atoms with van der Waals surface area (Å²) in [5, 5.41) is 0. The molecule has 1 aromatic rings. The van der Waals surface area contributed by atoms with E-state index in [9.17, 15) is 0 Å². The van der Waals surface area contributed by atoms with Crippen molar-refractivity contribution < 1.29 is 4.74 Å². The summed E-state index contributed by atoms with van der Waals surface area (Å²) in [4.78, 5) is 2.65. The van der Waals surface area contributed by atoms with Crippen LogP contribution in [0.25, 0.3) is 0 Å². The fourth-order valence-electron chi connectivity index (χ4n) is 3.17. The molecule has 0 N–H and O–H groups in total. The van der Waals surface area contributed by atoms with E-state index in [0.29, 0.717) is 5.92 Å². The van der Waals surface area contributed by atoms with E-state index in [1.165, 1.54) is 37.8 Å². The summed E-state index contributed by atoms with van der Waals surface area (Å²) < 4.78 is 6.65. The van der Waals surface area contributed by atoms with Gasteiger partial charge in [0.15, 0.2) is 0 Å². The third kappa shape index (κ3) is 4.23. The van der Waals surface area contributed by atoms with Crippen molar-refractivity contribution in [1.82, 2.24) is 4.90 Å². The number of nitrogens with zero attached hydrogens (tertiary/aromatic N) is 1. The fourth-order valence-corrected chi connectivity index (χ4v) is 3.58. The van der Waals surface area contributed by atoms with Gasteiger partial charge in [-0.1, -0.05) is 42.6 Å². The fraction of sp³-hybridized carbons (Fsp3) is 0.647. The van der Waals surface area contributed by atoms with Gasteiger partial charge in [-0.05, 0) is 37.0 Å². The Morgan fingerprint density at radius 1 is 1.30 bits per heavy atom. The molecule has 0 amide bonds. The van der Waals surface area contributed by atoms with Gasteiger partial charge in [0.05, 0.1) is 7.11 Å². The van der Waals surface area contributed by atoms with Crippen molar-refractivity contribution in [2.75, 3.05) is 13.7 Å². The maximum Gasteiger partial charge on any atom is 0.123 e. The summed E-state index contributed by atoms with van der Waals surface area (Å²) in [6.07, 6.45) is 5.47. The average molecular weight is 340 g/mol. The highest BCUT2D eigenvalue weighted by Crippen LogP contribution is 2.29. The van der Waals surface area contributed by atoms with E-state index < -0.39 is 0 Å². The Hall–Kier alpha value is -0.540. The summed E-state index contributed by atoms with van der Waals surface area (Å²) >= 11 is 3.58. The molecule has 0 bridgehead atoms. The molecule has 1 aliphatic rings. The minimum atomic E-state index is 0.703. The number of rotatable bonds is 6. The number of benzene rings is 1. The Kier molecular flexibility index (Phi) is 5.91. The normalized spacial score (nSPS) is 16.3. The first kappa shape index (κ1) is 15.8. The van der Waals surface area contributed by atoms with E-state index in [-0.39, 0.29) is 0 Å². The average Bonchev–Trinajstić information content (AvgIpc) is 2.91. The predicted molar refractivity (Wildman–Crippen MR) is 88.2 cm³/mol. The van der Waals surface area contributed by atoms with Crippen molar-refractivity contribution in [2.24, 2.45) is 5.92 Å². The first-order valence-corrected chi connectivity index (χ1v) is 8.46. The lowest BCUT2D eigenvalue weighted by Crippen LogP contribution is -2.35. The summed E-state index contributed by atoms with van der Waals surface area (Å²) in [7, 11) is 1.76. The summed E-state index contributed by atoms with van der Waals surface area (Å²) in [6.45, 7) is 6.77. The third-order valence-electron chi connectivity index (χ3n) is 4.06. The van der Waals surface area contributed by atoms with Gasteiger partial charge in [0, 0.05) is 29.2 Å². The van der Waals surface area contributed by atoms with Crippen LogP contribution >= 0.6 is 15.9 Å². The zero-order valence-electron chi connectivity index (χ0n) is 12.9. The molecule has 0 spiro atoms. The van der Waals surface area contributed by atoms with Crippen LogP contribution in [0.3, 0.4) is 0 Å². The molecule has 1 aliphatic carbocycles. The summed E-state index contributed by atoms with van der Waals surface area (Å²) in [5.41, 5.74) is 1.29. The zero-order valence-corrected chi connectivity index (χ0v) is 14.4. The van der Waals surface area contributed by atoms with Crippen LogP contribution in [0.5, 0.6) is 5.75 Å². The first-order chi connectivity index (χ1) is 9.60. The molecule has 0 heterocycles. The second-order valence-corrected chi connectivity index (χ2v) is 7.13. The molecule has 2 rings (SSSR count). The van der Waals surface area contributed by atoms with Gasteiger partial charge >= 0.3 is 0 Å². The molecule has 0 radical (unpaired) electrons. The highest BCUT2D eigenvalue weighted by molar-refractivity contribution is 9.10. The van der Waals surface area contributed by atoms with Crippen LogP contribution in [-0.2, 0) is 6.54 Å². The minimum absolute atomic E-state index is 0.703. The highest BCUT2D eigenvalue weighted by Gasteiger charge is 2.24. The van der Waals surface area contributed by atoms with Gasteiger partial charge in [0.1, 0.15) is 5.75 Å². The molecule has 112 valence electrons. The van der Waals surface area contributed by atoms with Crippen molar-refractivity contribution in [1.29, 1.82) is 0 Å². The van der Waals surface area contributed by atoms with Crippen LogP contribution in [0.2, 0.25) is 0 Å².